The van der Waals surface area contributed by atoms with E-state index in [9.17, 15) is 5.11 Å². The summed E-state index contributed by atoms with van der Waals surface area (Å²) in [6, 6.07) is 0.587. The molecule has 94 valence electrons. The van der Waals surface area contributed by atoms with E-state index in [4.69, 9.17) is 4.74 Å². The maximum atomic E-state index is 9.34. The highest BCUT2D eigenvalue weighted by atomic mass is 16.5. The molecule has 0 aromatic rings. The van der Waals surface area contributed by atoms with Gasteiger partial charge in [0, 0.05) is 12.6 Å². The Balaban J connectivity index is 1.71. The topological polar surface area (TPSA) is 41.5 Å². The molecule has 1 aliphatic carbocycles. The zero-order chi connectivity index (χ0) is 11.4. The Hall–Kier alpha value is -0.120. The minimum absolute atomic E-state index is 0.0168. The summed E-state index contributed by atoms with van der Waals surface area (Å²) in [5.74, 6) is 0.838. The van der Waals surface area contributed by atoms with Gasteiger partial charge in [-0.3, -0.25) is 0 Å². The van der Waals surface area contributed by atoms with Crippen molar-refractivity contribution in [1.82, 2.24) is 5.32 Å². The SMILES string of the molecule is CC(NCC1(CO)COC1)C1CCCCC1. The van der Waals surface area contributed by atoms with Crippen LogP contribution < -0.4 is 5.32 Å². The molecule has 0 aromatic carbocycles. The second kappa shape index (κ2) is 5.48. The molecule has 1 unspecified atom stereocenters. The highest BCUT2D eigenvalue weighted by Crippen LogP contribution is 2.29. The average molecular weight is 227 g/mol. The van der Waals surface area contributed by atoms with Crippen LogP contribution in [0.4, 0.5) is 0 Å². The zero-order valence-corrected chi connectivity index (χ0v) is 10.4. The quantitative estimate of drug-likeness (QED) is 0.749. The van der Waals surface area contributed by atoms with Gasteiger partial charge in [-0.1, -0.05) is 19.3 Å². The van der Waals surface area contributed by atoms with Gasteiger partial charge in [0.2, 0.25) is 0 Å². The summed E-state index contributed by atoms with van der Waals surface area (Å²) in [6.07, 6.45) is 6.95. The number of aliphatic hydroxyl groups excluding tert-OH is 1. The Morgan fingerprint density at radius 1 is 1.31 bits per heavy atom. The number of rotatable bonds is 5. The standard InChI is InChI=1S/C13H25NO2/c1-11(12-5-3-2-4-6-12)14-7-13(8-15)9-16-10-13/h11-12,14-15H,2-10H2,1H3. The van der Waals surface area contributed by atoms with E-state index in [1.54, 1.807) is 0 Å². The first-order chi connectivity index (χ1) is 7.76. The second-order valence-electron chi connectivity index (χ2n) is 5.72. The number of nitrogens with one attached hydrogen (secondary N) is 1. The van der Waals surface area contributed by atoms with Crippen molar-refractivity contribution < 1.29 is 9.84 Å². The lowest BCUT2D eigenvalue weighted by molar-refractivity contribution is -0.135. The van der Waals surface area contributed by atoms with Gasteiger partial charge < -0.3 is 15.2 Å². The fourth-order valence-electron chi connectivity index (χ4n) is 2.82. The summed E-state index contributed by atoms with van der Waals surface area (Å²) >= 11 is 0. The molecule has 2 N–H and O–H groups in total. The van der Waals surface area contributed by atoms with Crippen LogP contribution in [0.3, 0.4) is 0 Å². The molecule has 2 aliphatic rings. The molecule has 0 aromatic heterocycles. The van der Waals surface area contributed by atoms with Gasteiger partial charge >= 0.3 is 0 Å². The van der Waals surface area contributed by atoms with Gasteiger partial charge in [0.15, 0.2) is 0 Å². The van der Waals surface area contributed by atoms with E-state index in [2.05, 4.69) is 12.2 Å². The minimum Gasteiger partial charge on any atom is -0.396 e. The molecule has 1 saturated heterocycles. The Labute approximate surface area is 98.6 Å². The summed E-state index contributed by atoms with van der Waals surface area (Å²) in [4.78, 5) is 0. The van der Waals surface area contributed by atoms with Gasteiger partial charge in [-0.25, -0.2) is 0 Å². The molecule has 0 amide bonds. The van der Waals surface area contributed by atoms with Crippen molar-refractivity contribution in [3.63, 3.8) is 0 Å². The number of aliphatic hydroxyl groups is 1. The lowest BCUT2D eigenvalue weighted by Gasteiger charge is -2.41. The fourth-order valence-corrected chi connectivity index (χ4v) is 2.82. The molecule has 2 fully saturated rings. The third kappa shape index (κ3) is 2.76. The predicted molar refractivity (Wildman–Crippen MR) is 64.4 cm³/mol. The molecular weight excluding hydrogens is 202 g/mol. The Morgan fingerprint density at radius 2 is 2.00 bits per heavy atom. The third-order valence-electron chi connectivity index (χ3n) is 4.31. The lowest BCUT2D eigenvalue weighted by Crippen LogP contribution is -2.54. The van der Waals surface area contributed by atoms with E-state index >= 15 is 0 Å². The van der Waals surface area contributed by atoms with Gasteiger partial charge in [-0.05, 0) is 25.7 Å². The lowest BCUT2D eigenvalue weighted by atomic mass is 9.83. The minimum atomic E-state index is 0.0168. The summed E-state index contributed by atoms with van der Waals surface area (Å²) in [6.45, 7) is 4.88. The number of hydrogen-bond acceptors (Lipinski definition) is 3. The largest absolute Gasteiger partial charge is 0.396 e. The third-order valence-corrected chi connectivity index (χ3v) is 4.31. The summed E-state index contributed by atoms with van der Waals surface area (Å²) in [7, 11) is 0. The fraction of sp³-hybridized carbons (Fsp3) is 1.00. The van der Waals surface area contributed by atoms with Crippen LogP contribution >= 0.6 is 0 Å². The first-order valence-corrected chi connectivity index (χ1v) is 6.68. The molecule has 1 saturated carbocycles. The Morgan fingerprint density at radius 3 is 2.50 bits per heavy atom. The van der Waals surface area contributed by atoms with Crippen LogP contribution in [0.15, 0.2) is 0 Å². The van der Waals surface area contributed by atoms with Gasteiger partial charge in [-0.2, -0.15) is 0 Å². The molecule has 0 spiro atoms. The van der Waals surface area contributed by atoms with Crippen molar-refractivity contribution in [2.24, 2.45) is 11.3 Å². The van der Waals surface area contributed by atoms with Gasteiger partial charge in [0.25, 0.3) is 0 Å². The molecule has 0 bridgehead atoms. The summed E-state index contributed by atoms with van der Waals surface area (Å²) < 4.78 is 5.21. The van der Waals surface area contributed by atoms with Crippen molar-refractivity contribution in [3.8, 4) is 0 Å². The summed E-state index contributed by atoms with van der Waals surface area (Å²) in [5, 5.41) is 12.9. The molecule has 3 nitrogen and oxygen atoms in total. The monoisotopic (exact) mass is 227 g/mol. The van der Waals surface area contributed by atoms with Crippen LogP contribution in [0.1, 0.15) is 39.0 Å². The number of hydrogen-bond donors (Lipinski definition) is 2. The maximum Gasteiger partial charge on any atom is 0.0579 e. The molecular formula is C13H25NO2. The van der Waals surface area contributed by atoms with Crippen LogP contribution in [-0.2, 0) is 4.74 Å². The number of ether oxygens (including phenoxy) is 1. The predicted octanol–water partition coefficient (Wildman–Crippen LogP) is 1.55. The average Bonchev–Trinajstić information content (AvgIpc) is 2.29. The van der Waals surface area contributed by atoms with Crippen LogP contribution in [0.5, 0.6) is 0 Å². The van der Waals surface area contributed by atoms with Crippen LogP contribution in [0.25, 0.3) is 0 Å². The Kier molecular flexibility index (Phi) is 4.22. The van der Waals surface area contributed by atoms with Crippen LogP contribution in [0.2, 0.25) is 0 Å². The van der Waals surface area contributed by atoms with Crippen molar-refractivity contribution in [2.75, 3.05) is 26.4 Å². The van der Waals surface area contributed by atoms with E-state index in [0.29, 0.717) is 19.3 Å². The normalized spacial score (nSPS) is 27.4. The molecule has 16 heavy (non-hydrogen) atoms. The van der Waals surface area contributed by atoms with Crippen LogP contribution in [0, 0.1) is 11.3 Å². The van der Waals surface area contributed by atoms with Crippen LogP contribution in [-0.4, -0.2) is 37.5 Å². The molecule has 1 atom stereocenters. The smallest absolute Gasteiger partial charge is 0.0579 e. The van der Waals surface area contributed by atoms with E-state index < -0.39 is 0 Å². The second-order valence-corrected chi connectivity index (χ2v) is 5.72. The van der Waals surface area contributed by atoms with Crippen molar-refractivity contribution >= 4 is 0 Å². The van der Waals surface area contributed by atoms with Crippen molar-refractivity contribution in [1.29, 1.82) is 0 Å². The van der Waals surface area contributed by atoms with E-state index in [1.807, 2.05) is 0 Å². The van der Waals surface area contributed by atoms with Crippen molar-refractivity contribution in [3.05, 3.63) is 0 Å². The van der Waals surface area contributed by atoms with Gasteiger partial charge in [0.05, 0.1) is 25.2 Å². The molecule has 0 radical (unpaired) electrons. The highest BCUT2D eigenvalue weighted by molar-refractivity contribution is 4.89. The van der Waals surface area contributed by atoms with E-state index in [1.165, 1.54) is 32.1 Å². The Bertz CT molecular complexity index is 204. The van der Waals surface area contributed by atoms with E-state index in [0.717, 1.165) is 12.5 Å². The van der Waals surface area contributed by atoms with E-state index in [-0.39, 0.29) is 12.0 Å². The molecule has 1 aliphatic heterocycles. The van der Waals surface area contributed by atoms with Crippen molar-refractivity contribution in [2.45, 2.75) is 45.1 Å². The summed E-state index contributed by atoms with van der Waals surface area (Å²) in [5.41, 5.74) is 0.0168. The maximum absolute atomic E-state index is 9.34. The first kappa shape index (κ1) is 12.3. The highest BCUT2D eigenvalue weighted by Gasteiger charge is 2.38. The molecule has 1 heterocycles. The van der Waals surface area contributed by atoms with Gasteiger partial charge in [0.1, 0.15) is 0 Å². The first-order valence-electron chi connectivity index (χ1n) is 6.68. The van der Waals surface area contributed by atoms with Gasteiger partial charge in [-0.15, -0.1) is 0 Å². The molecule has 2 rings (SSSR count). The molecule has 3 heteroatoms. The zero-order valence-electron chi connectivity index (χ0n) is 10.4.